The number of furan rings is 1. The summed E-state index contributed by atoms with van der Waals surface area (Å²) in [5, 5.41) is 5.26. The lowest BCUT2D eigenvalue weighted by atomic mass is 9.99. The van der Waals surface area contributed by atoms with Gasteiger partial charge in [0.1, 0.15) is 18.1 Å². The van der Waals surface area contributed by atoms with E-state index in [1.54, 1.807) is 32.2 Å². The van der Waals surface area contributed by atoms with E-state index in [1.165, 1.54) is 6.26 Å². The average Bonchev–Trinajstić information content (AvgIpc) is 3.25. The third-order valence-corrected chi connectivity index (χ3v) is 4.26. The number of imide groups is 1. The Hall–Kier alpha value is -3.29. The number of hydrogen-bond donors (Lipinski definition) is 2. The molecule has 2 heterocycles. The number of hydrogen-bond acceptors (Lipinski definition) is 5. The molecule has 0 bridgehead atoms. The van der Waals surface area contributed by atoms with Crippen LogP contribution in [0.5, 0.6) is 5.75 Å². The largest absolute Gasteiger partial charge is 0.496 e. The number of methoxy groups -OCH3 is 1. The second kappa shape index (κ2) is 6.91. The second-order valence-corrected chi connectivity index (χ2v) is 6.01. The molecule has 2 N–H and O–H groups in total. The van der Waals surface area contributed by atoms with E-state index in [-0.39, 0.29) is 13.1 Å². The van der Waals surface area contributed by atoms with Gasteiger partial charge in [-0.3, -0.25) is 14.5 Å². The van der Waals surface area contributed by atoms with Crippen molar-refractivity contribution >= 4 is 17.8 Å². The average molecular weight is 357 g/mol. The molecule has 0 aliphatic carbocycles. The number of urea groups is 1. The minimum absolute atomic E-state index is 0.224. The molecule has 1 saturated heterocycles. The normalized spacial score (nSPS) is 19.4. The van der Waals surface area contributed by atoms with E-state index < -0.39 is 23.4 Å². The first-order valence-electron chi connectivity index (χ1n) is 8.02. The van der Waals surface area contributed by atoms with Gasteiger partial charge in [0.2, 0.25) is 5.91 Å². The summed E-state index contributed by atoms with van der Waals surface area (Å²) in [7, 11) is 1.54. The molecule has 1 aliphatic rings. The van der Waals surface area contributed by atoms with Crippen LogP contribution in [0.3, 0.4) is 0 Å². The van der Waals surface area contributed by atoms with Crippen molar-refractivity contribution in [2.45, 2.75) is 19.0 Å². The highest BCUT2D eigenvalue weighted by molar-refractivity contribution is 6.08. The van der Waals surface area contributed by atoms with Crippen LogP contribution in [0.4, 0.5) is 4.79 Å². The van der Waals surface area contributed by atoms with Crippen molar-refractivity contribution in [2.75, 3.05) is 13.7 Å². The predicted octanol–water partition coefficient (Wildman–Crippen LogP) is 1.37. The van der Waals surface area contributed by atoms with Crippen LogP contribution in [-0.2, 0) is 21.7 Å². The van der Waals surface area contributed by atoms with E-state index in [9.17, 15) is 14.4 Å². The molecule has 1 atom stereocenters. The van der Waals surface area contributed by atoms with Crippen molar-refractivity contribution in [1.29, 1.82) is 0 Å². The van der Waals surface area contributed by atoms with Crippen LogP contribution in [-0.4, -0.2) is 36.4 Å². The number of ether oxygens (including phenoxy) is 1. The number of nitrogens with one attached hydrogen (secondary N) is 2. The van der Waals surface area contributed by atoms with Gasteiger partial charge in [0.05, 0.1) is 13.4 Å². The topological polar surface area (TPSA) is 101 Å². The summed E-state index contributed by atoms with van der Waals surface area (Å²) >= 11 is 0. The second-order valence-electron chi connectivity index (χ2n) is 6.01. The van der Waals surface area contributed by atoms with E-state index in [0.29, 0.717) is 11.5 Å². The van der Waals surface area contributed by atoms with E-state index in [0.717, 1.165) is 10.5 Å². The number of rotatable bonds is 6. The molecule has 136 valence electrons. The lowest BCUT2D eigenvalue weighted by molar-refractivity contribution is -0.135. The molecule has 1 aromatic heterocycles. The maximum atomic E-state index is 12.6. The maximum absolute atomic E-state index is 12.6. The summed E-state index contributed by atoms with van der Waals surface area (Å²) < 4.78 is 10.5. The summed E-state index contributed by atoms with van der Waals surface area (Å²) in [6.07, 6.45) is 1.42. The first-order chi connectivity index (χ1) is 12.5. The van der Waals surface area contributed by atoms with E-state index >= 15 is 0 Å². The van der Waals surface area contributed by atoms with Crippen LogP contribution in [0.1, 0.15) is 18.2 Å². The van der Waals surface area contributed by atoms with Crippen molar-refractivity contribution < 1.29 is 23.5 Å². The van der Waals surface area contributed by atoms with Gasteiger partial charge >= 0.3 is 6.03 Å². The number of para-hydroxylation sites is 1. The van der Waals surface area contributed by atoms with Crippen molar-refractivity contribution in [3.05, 3.63) is 54.0 Å². The first-order valence-corrected chi connectivity index (χ1v) is 8.02. The number of amides is 4. The third kappa shape index (κ3) is 3.13. The Morgan fingerprint density at radius 2 is 2.04 bits per heavy atom. The van der Waals surface area contributed by atoms with Crippen LogP contribution in [0.25, 0.3) is 0 Å². The molecule has 2 aromatic rings. The molecule has 26 heavy (non-hydrogen) atoms. The minimum atomic E-state index is -1.32. The molecule has 1 unspecified atom stereocenters. The Morgan fingerprint density at radius 3 is 2.73 bits per heavy atom. The third-order valence-electron chi connectivity index (χ3n) is 4.26. The van der Waals surface area contributed by atoms with Crippen molar-refractivity contribution in [3.63, 3.8) is 0 Å². The van der Waals surface area contributed by atoms with Crippen LogP contribution < -0.4 is 15.4 Å². The van der Waals surface area contributed by atoms with Crippen molar-refractivity contribution in [1.82, 2.24) is 15.5 Å². The Balaban J connectivity index is 1.64. The Morgan fingerprint density at radius 1 is 1.27 bits per heavy atom. The standard InChI is InChI=1S/C18H19N3O5/c1-18(14-8-5-9-26-14)16(23)21(17(24)20-18)11-15(22)19-10-12-6-3-4-7-13(12)25-2/h3-9H,10-11H2,1-2H3,(H,19,22)(H,20,24). The fourth-order valence-corrected chi connectivity index (χ4v) is 2.81. The molecule has 1 aromatic carbocycles. The Kier molecular flexibility index (Phi) is 4.66. The van der Waals surface area contributed by atoms with Gasteiger partial charge in [0, 0.05) is 12.1 Å². The molecular formula is C18H19N3O5. The SMILES string of the molecule is COc1ccccc1CNC(=O)CN1C(=O)NC(C)(c2ccco2)C1=O. The summed E-state index contributed by atoms with van der Waals surface area (Å²) in [6, 6.07) is 9.85. The van der Waals surface area contributed by atoms with Crippen molar-refractivity contribution in [2.24, 2.45) is 0 Å². The Bertz CT molecular complexity index is 833. The zero-order chi connectivity index (χ0) is 18.7. The summed E-state index contributed by atoms with van der Waals surface area (Å²) in [5.41, 5.74) is -0.523. The zero-order valence-electron chi connectivity index (χ0n) is 14.4. The molecule has 3 rings (SSSR count). The fourth-order valence-electron chi connectivity index (χ4n) is 2.81. The minimum Gasteiger partial charge on any atom is -0.496 e. The lowest BCUT2D eigenvalue weighted by Crippen LogP contribution is -2.43. The fraction of sp³-hybridized carbons (Fsp3) is 0.278. The summed E-state index contributed by atoms with van der Waals surface area (Å²) in [4.78, 5) is 37.9. The Labute approximate surface area is 150 Å². The molecule has 4 amide bonds. The lowest BCUT2D eigenvalue weighted by Gasteiger charge is -2.18. The van der Waals surface area contributed by atoms with Crippen LogP contribution in [0.2, 0.25) is 0 Å². The molecule has 0 radical (unpaired) electrons. The van der Waals surface area contributed by atoms with Gasteiger partial charge in [0.15, 0.2) is 5.54 Å². The van der Waals surface area contributed by atoms with Gasteiger partial charge in [0.25, 0.3) is 5.91 Å². The van der Waals surface area contributed by atoms with E-state index in [1.807, 2.05) is 18.2 Å². The van der Waals surface area contributed by atoms with Gasteiger partial charge in [-0.1, -0.05) is 18.2 Å². The highest BCUT2D eigenvalue weighted by atomic mass is 16.5. The molecule has 1 fully saturated rings. The predicted molar refractivity (Wildman–Crippen MR) is 91.1 cm³/mol. The molecule has 0 saturated carbocycles. The van der Waals surface area contributed by atoms with Gasteiger partial charge in [-0.25, -0.2) is 4.79 Å². The summed E-state index contributed by atoms with van der Waals surface area (Å²) in [5.74, 6) is -0.0334. The number of carbonyl (C=O) groups is 3. The summed E-state index contributed by atoms with van der Waals surface area (Å²) in [6.45, 7) is 1.39. The van der Waals surface area contributed by atoms with Gasteiger partial charge < -0.3 is 19.8 Å². The van der Waals surface area contributed by atoms with E-state index in [2.05, 4.69) is 10.6 Å². The molecular weight excluding hydrogens is 338 g/mol. The number of benzene rings is 1. The molecule has 8 heteroatoms. The molecule has 8 nitrogen and oxygen atoms in total. The van der Waals surface area contributed by atoms with Gasteiger partial charge in [-0.15, -0.1) is 0 Å². The van der Waals surface area contributed by atoms with Crippen LogP contribution in [0.15, 0.2) is 47.1 Å². The number of carbonyl (C=O) groups excluding carboxylic acids is 3. The smallest absolute Gasteiger partial charge is 0.325 e. The maximum Gasteiger partial charge on any atom is 0.325 e. The monoisotopic (exact) mass is 357 g/mol. The van der Waals surface area contributed by atoms with Gasteiger partial charge in [-0.05, 0) is 25.1 Å². The van der Waals surface area contributed by atoms with Crippen LogP contribution >= 0.6 is 0 Å². The quantitative estimate of drug-likeness (QED) is 0.761. The highest BCUT2D eigenvalue weighted by Gasteiger charge is 2.51. The van der Waals surface area contributed by atoms with Gasteiger partial charge in [-0.2, -0.15) is 0 Å². The first kappa shape index (κ1) is 17.5. The van der Waals surface area contributed by atoms with Crippen molar-refractivity contribution in [3.8, 4) is 5.75 Å². The zero-order valence-corrected chi connectivity index (χ0v) is 14.4. The van der Waals surface area contributed by atoms with Crippen LogP contribution in [0, 0.1) is 0 Å². The van der Waals surface area contributed by atoms with E-state index in [4.69, 9.17) is 9.15 Å². The molecule has 1 aliphatic heterocycles. The molecule has 0 spiro atoms. The highest BCUT2D eigenvalue weighted by Crippen LogP contribution is 2.28. The number of nitrogens with zero attached hydrogens (tertiary/aromatic N) is 1.